The van der Waals surface area contributed by atoms with Crippen LogP contribution in [0.15, 0.2) is 0 Å². The predicted octanol–water partition coefficient (Wildman–Crippen LogP) is 1.34. The van der Waals surface area contributed by atoms with E-state index in [1.54, 1.807) is 0 Å². The van der Waals surface area contributed by atoms with E-state index in [1.165, 1.54) is 0 Å². The quantitative estimate of drug-likeness (QED) is 0.677. The summed E-state index contributed by atoms with van der Waals surface area (Å²) in [6.07, 6.45) is 2.77. The van der Waals surface area contributed by atoms with E-state index in [4.69, 9.17) is 4.74 Å². The number of nitrogens with zero attached hydrogens (tertiary/aromatic N) is 2. The Hall–Kier alpha value is -0.900. The van der Waals surface area contributed by atoms with E-state index in [1.807, 2.05) is 6.92 Å². The van der Waals surface area contributed by atoms with E-state index in [9.17, 15) is 0 Å². The van der Waals surface area contributed by atoms with Crippen molar-refractivity contribution in [2.24, 2.45) is 0 Å². The Balaban J connectivity index is 2.20. The first-order chi connectivity index (χ1) is 6.36. The molecule has 13 heavy (non-hydrogen) atoms. The summed E-state index contributed by atoms with van der Waals surface area (Å²) in [5.41, 5.74) is 0. The van der Waals surface area contributed by atoms with Crippen LogP contribution in [0.5, 0.6) is 0 Å². The minimum Gasteiger partial charge on any atom is -0.381 e. The van der Waals surface area contributed by atoms with Gasteiger partial charge in [-0.15, -0.1) is 0 Å². The van der Waals surface area contributed by atoms with Crippen molar-refractivity contribution in [3.8, 4) is 0 Å². The van der Waals surface area contributed by atoms with Gasteiger partial charge in [0.15, 0.2) is 0 Å². The maximum atomic E-state index is 5.34. The molecule has 0 amide bonds. The van der Waals surface area contributed by atoms with Crippen LogP contribution in [0.3, 0.4) is 0 Å². The molecule has 74 valence electrons. The summed E-state index contributed by atoms with van der Waals surface area (Å²) < 4.78 is 5.34. The van der Waals surface area contributed by atoms with Gasteiger partial charge in [0.1, 0.15) is 11.6 Å². The lowest BCUT2D eigenvalue weighted by Gasteiger charge is -1.98. The Labute approximate surface area is 78.7 Å². The van der Waals surface area contributed by atoms with Crippen molar-refractivity contribution in [1.29, 1.82) is 0 Å². The van der Waals surface area contributed by atoms with Crippen LogP contribution < -0.4 is 0 Å². The van der Waals surface area contributed by atoms with Crippen molar-refractivity contribution >= 4 is 0 Å². The fourth-order valence-corrected chi connectivity index (χ4v) is 1.02. The molecule has 4 nitrogen and oxygen atoms in total. The highest BCUT2D eigenvalue weighted by Crippen LogP contribution is 1.95. The van der Waals surface area contributed by atoms with Gasteiger partial charge in [-0.05, 0) is 6.42 Å². The average Bonchev–Trinajstić information content (AvgIpc) is 2.60. The third-order valence-electron chi connectivity index (χ3n) is 1.73. The topological polar surface area (TPSA) is 50.8 Å². The number of hydrogen-bond acceptors (Lipinski definition) is 3. The predicted molar refractivity (Wildman–Crippen MR) is 50.6 cm³/mol. The highest BCUT2D eigenvalue weighted by atomic mass is 16.5. The first kappa shape index (κ1) is 10.2. The number of ether oxygens (including phenoxy) is 1. The summed E-state index contributed by atoms with van der Waals surface area (Å²) in [7, 11) is 0. The van der Waals surface area contributed by atoms with Crippen molar-refractivity contribution in [2.45, 2.75) is 33.1 Å². The van der Waals surface area contributed by atoms with Crippen LogP contribution in [0.25, 0.3) is 0 Å². The molecule has 1 rings (SSSR count). The van der Waals surface area contributed by atoms with Gasteiger partial charge in [-0.1, -0.05) is 13.8 Å². The molecule has 0 atom stereocenters. The van der Waals surface area contributed by atoms with E-state index in [0.29, 0.717) is 0 Å². The van der Waals surface area contributed by atoms with Gasteiger partial charge in [-0.25, -0.2) is 4.98 Å². The van der Waals surface area contributed by atoms with Gasteiger partial charge in [0.2, 0.25) is 0 Å². The lowest BCUT2D eigenvalue weighted by molar-refractivity contribution is 0.136. The Morgan fingerprint density at radius 1 is 1.31 bits per heavy atom. The molecule has 0 saturated carbocycles. The highest BCUT2D eigenvalue weighted by molar-refractivity contribution is 4.89. The molecule has 0 aromatic carbocycles. The first-order valence-electron chi connectivity index (χ1n) is 4.84. The average molecular weight is 183 g/mol. The maximum absolute atomic E-state index is 5.34. The molecule has 1 aromatic heterocycles. The van der Waals surface area contributed by atoms with Crippen LogP contribution >= 0.6 is 0 Å². The number of H-pyrrole nitrogens is 1. The summed E-state index contributed by atoms with van der Waals surface area (Å²) in [6.45, 7) is 5.70. The molecule has 0 aliphatic heterocycles. The number of aromatic amines is 1. The maximum Gasteiger partial charge on any atom is 0.150 e. The summed E-state index contributed by atoms with van der Waals surface area (Å²) in [5, 5.41) is 6.93. The zero-order valence-corrected chi connectivity index (χ0v) is 8.34. The molecule has 0 bridgehead atoms. The standard InChI is InChI=1S/C9H17N3O/c1-3-6-13-7-5-9-10-8(4-2)11-12-9/h3-7H2,1-2H3,(H,10,11,12). The van der Waals surface area contributed by atoms with Crippen LogP contribution in [0.4, 0.5) is 0 Å². The summed E-state index contributed by atoms with van der Waals surface area (Å²) in [4.78, 5) is 4.28. The van der Waals surface area contributed by atoms with Crippen molar-refractivity contribution in [3.63, 3.8) is 0 Å². The van der Waals surface area contributed by atoms with Crippen molar-refractivity contribution in [1.82, 2.24) is 15.2 Å². The number of rotatable bonds is 6. The largest absolute Gasteiger partial charge is 0.381 e. The van der Waals surface area contributed by atoms with Crippen molar-refractivity contribution in [2.75, 3.05) is 13.2 Å². The molecule has 1 aromatic rings. The SMILES string of the molecule is CCCOCCc1nc(CC)n[nH]1. The van der Waals surface area contributed by atoms with E-state index in [-0.39, 0.29) is 0 Å². The molecule has 4 heteroatoms. The van der Waals surface area contributed by atoms with Crippen molar-refractivity contribution < 1.29 is 4.74 Å². The van der Waals surface area contributed by atoms with Gasteiger partial charge in [-0.2, -0.15) is 5.10 Å². The Morgan fingerprint density at radius 3 is 2.77 bits per heavy atom. The first-order valence-corrected chi connectivity index (χ1v) is 4.84. The summed E-state index contributed by atoms with van der Waals surface area (Å²) in [5.74, 6) is 1.80. The lowest BCUT2D eigenvalue weighted by atomic mass is 10.4. The van der Waals surface area contributed by atoms with E-state index >= 15 is 0 Å². The van der Waals surface area contributed by atoms with Gasteiger partial charge in [0.05, 0.1) is 6.61 Å². The van der Waals surface area contributed by atoms with E-state index < -0.39 is 0 Å². The second-order valence-electron chi connectivity index (χ2n) is 2.91. The minimum atomic E-state index is 0.728. The minimum absolute atomic E-state index is 0.728. The molecule has 0 radical (unpaired) electrons. The van der Waals surface area contributed by atoms with Gasteiger partial charge in [-0.3, -0.25) is 5.10 Å². The second-order valence-corrected chi connectivity index (χ2v) is 2.91. The summed E-state index contributed by atoms with van der Waals surface area (Å²) in [6, 6.07) is 0. The van der Waals surface area contributed by atoms with E-state index in [2.05, 4.69) is 22.1 Å². The van der Waals surface area contributed by atoms with Crippen LogP contribution in [0, 0.1) is 0 Å². The van der Waals surface area contributed by atoms with E-state index in [0.717, 1.165) is 44.1 Å². The van der Waals surface area contributed by atoms with Gasteiger partial charge in [0.25, 0.3) is 0 Å². The number of nitrogens with one attached hydrogen (secondary N) is 1. The molecule has 0 fully saturated rings. The molecule has 1 heterocycles. The van der Waals surface area contributed by atoms with Crippen LogP contribution in [0.2, 0.25) is 0 Å². The zero-order valence-electron chi connectivity index (χ0n) is 8.34. The molecule has 0 saturated heterocycles. The number of aryl methyl sites for hydroxylation is 1. The van der Waals surface area contributed by atoms with Crippen LogP contribution in [-0.4, -0.2) is 28.4 Å². The molecule has 0 spiro atoms. The van der Waals surface area contributed by atoms with Gasteiger partial charge < -0.3 is 4.74 Å². The monoisotopic (exact) mass is 183 g/mol. The van der Waals surface area contributed by atoms with Gasteiger partial charge >= 0.3 is 0 Å². The Morgan fingerprint density at radius 2 is 2.15 bits per heavy atom. The third-order valence-corrected chi connectivity index (χ3v) is 1.73. The molecule has 0 aliphatic carbocycles. The lowest BCUT2D eigenvalue weighted by Crippen LogP contribution is -2.00. The fraction of sp³-hybridized carbons (Fsp3) is 0.778. The molecular formula is C9H17N3O. The molecule has 1 N–H and O–H groups in total. The Kier molecular flexibility index (Phi) is 4.46. The Bertz CT molecular complexity index is 235. The summed E-state index contributed by atoms with van der Waals surface area (Å²) >= 11 is 0. The smallest absolute Gasteiger partial charge is 0.150 e. The second kappa shape index (κ2) is 5.70. The van der Waals surface area contributed by atoms with Crippen LogP contribution in [-0.2, 0) is 17.6 Å². The molecular weight excluding hydrogens is 166 g/mol. The van der Waals surface area contributed by atoms with Crippen LogP contribution in [0.1, 0.15) is 31.9 Å². The number of hydrogen-bond donors (Lipinski definition) is 1. The molecule has 0 unspecified atom stereocenters. The normalized spacial score (nSPS) is 10.6. The zero-order chi connectivity index (χ0) is 9.52. The fourth-order valence-electron chi connectivity index (χ4n) is 1.02. The number of aromatic nitrogens is 3. The highest BCUT2D eigenvalue weighted by Gasteiger charge is 1.99. The van der Waals surface area contributed by atoms with Gasteiger partial charge in [0, 0.05) is 19.4 Å². The van der Waals surface area contributed by atoms with Crippen molar-refractivity contribution in [3.05, 3.63) is 11.6 Å². The molecule has 0 aliphatic rings. The third kappa shape index (κ3) is 3.55.